The second kappa shape index (κ2) is 3.14. The van der Waals surface area contributed by atoms with Crippen molar-refractivity contribution in [3.05, 3.63) is 0 Å². The topological polar surface area (TPSA) is 12.0 Å². The molecule has 1 rings (SSSR count). The molecule has 1 unspecified atom stereocenters. The number of rotatable bonds is 0. The summed E-state index contributed by atoms with van der Waals surface area (Å²) in [4.78, 5) is 0. The van der Waals surface area contributed by atoms with Gasteiger partial charge in [-0.25, -0.2) is 0 Å². The molecule has 1 heterocycles. The van der Waals surface area contributed by atoms with Crippen molar-refractivity contribution in [2.45, 2.75) is 26.0 Å². The summed E-state index contributed by atoms with van der Waals surface area (Å²) in [6.45, 7) is 9.35. The number of nitrogens with one attached hydrogen (secondary N) is 1. The number of thioether (sulfide) groups is 1. The lowest BCUT2D eigenvalue weighted by Crippen LogP contribution is -2.33. The third-order valence-electron chi connectivity index (χ3n) is 2.33. The summed E-state index contributed by atoms with van der Waals surface area (Å²) in [5.74, 6) is 1.27. The molecule has 0 aromatic rings. The Hall–Kier alpha value is 0.310. The van der Waals surface area contributed by atoms with Crippen molar-refractivity contribution in [3.63, 3.8) is 0 Å². The SMILES string of the molecule is CC1SCCNCC1(C)C. The minimum Gasteiger partial charge on any atom is -0.315 e. The van der Waals surface area contributed by atoms with Gasteiger partial charge in [-0.15, -0.1) is 0 Å². The molecule has 2 heteroatoms. The summed E-state index contributed by atoms with van der Waals surface area (Å²) < 4.78 is 0. The zero-order chi connectivity index (χ0) is 7.61. The Kier molecular flexibility index (Phi) is 2.64. The van der Waals surface area contributed by atoms with Crippen molar-refractivity contribution < 1.29 is 0 Å². The fraction of sp³-hybridized carbons (Fsp3) is 1.00. The average molecular weight is 159 g/mol. The molecule has 1 N–H and O–H groups in total. The van der Waals surface area contributed by atoms with Crippen LogP contribution in [0.4, 0.5) is 0 Å². The van der Waals surface area contributed by atoms with Crippen molar-refractivity contribution >= 4 is 11.8 Å². The Labute approximate surface area is 68.0 Å². The Morgan fingerprint density at radius 2 is 2.20 bits per heavy atom. The van der Waals surface area contributed by atoms with Gasteiger partial charge in [0.05, 0.1) is 0 Å². The van der Waals surface area contributed by atoms with E-state index in [2.05, 4.69) is 37.8 Å². The molecule has 0 radical (unpaired) electrons. The summed E-state index contributed by atoms with van der Waals surface area (Å²) in [7, 11) is 0. The van der Waals surface area contributed by atoms with Gasteiger partial charge in [0.1, 0.15) is 0 Å². The largest absolute Gasteiger partial charge is 0.315 e. The Balaban J connectivity index is 2.52. The monoisotopic (exact) mass is 159 g/mol. The summed E-state index contributed by atoms with van der Waals surface area (Å²) in [5.41, 5.74) is 0.473. The van der Waals surface area contributed by atoms with Crippen molar-refractivity contribution in [1.29, 1.82) is 0 Å². The van der Waals surface area contributed by atoms with Crippen LogP contribution in [0.5, 0.6) is 0 Å². The molecule has 0 aromatic heterocycles. The lowest BCUT2D eigenvalue weighted by Gasteiger charge is -2.28. The van der Waals surface area contributed by atoms with Crippen LogP contribution in [0.1, 0.15) is 20.8 Å². The predicted molar refractivity (Wildman–Crippen MR) is 48.6 cm³/mol. The van der Waals surface area contributed by atoms with Crippen molar-refractivity contribution in [2.24, 2.45) is 5.41 Å². The van der Waals surface area contributed by atoms with Crippen molar-refractivity contribution in [2.75, 3.05) is 18.8 Å². The highest BCUT2D eigenvalue weighted by molar-refractivity contribution is 7.99. The van der Waals surface area contributed by atoms with Gasteiger partial charge < -0.3 is 5.32 Å². The number of hydrogen-bond donors (Lipinski definition) is 1. The van der Waals surface area contributed by atoms with Crippen LogP contribution in [-0.4, -0.2) is 24.1 Å². The van der Waals surface area contributed by atoms with Crippen LogP contribution in [-0.2, 0) is 0 Å². The first-order chi connectivity index (χ1) is 4.63. The van der Waals surface area contributed by atoms with Gasteiger partial charge in [-0.1, -0.05) is 20.8 Å². The van der Waals surface area contributed by atoms with Crippen LogP contribution in [0, 0.1) is 5.41 Å². The minimum atomic E-state index is 0.473. The third kappa shape index (κ3) is 1.89. The van der Waals surface area contributed by atoms with Gasteiger partial charge >= 0.3 is 0 Å². The molecule has 1 fully saturated rings. The van der Waals surface area contributed by atoms with E-state index in [1.165, 1.54) is 18.8 Å². The first-order valence-electron chi connectivity index (χ1n) is 3.95. The normalized spacial score (nSPS) is 33.3. The molecule has 0 bridgehead atoms. The quantitative estimate of drug-likeness (QED) is 0.578. The summed E-state index contributed by atoms with van der Waals surface area (Å²) in [5, 5.41) is 4.24. The molecule has 1 nitrogen and oxygen atoms in total. The molecule has 0 aliphatic carbocycles. The molecule has 0 saturated carbocycles. The van der Waals surface area contributed by atoms with E-state index in [1.54, 1.807) is 0 Å². The van der Waals surface area contributed by atoms with Gasteiger partial charge in [-0.05, 0) is 5.41 Å². The highest BCUT2D eigenvalue weighted by Crippen LogP contribution is 2.31. The van der Waals surface area contributed by atoms with Crippen LogP contribution in [0.2, 0.25) is 0 Å². The predicted octanol–water partition coefficient (Wildman–Crippen LogP) is 1.74. The van der Waals surface area contributed by atoms with E-state index in [1.807, 2.05) is 0 Å². The lowest BCUT2D eigenvalue weighted by atomic mass is 9.90. The highest BCUT2D eigenvalue weighted by atomic mass is 32.2. The first kappa shape index (κ1) is 8.41. The molecule has 0 aromatic carbocycles. The Bertz CT molecular complexity index is 112. The fourth-order valence-electron chi connectivity index (χ4n) is 1.09. The molecule has 1 atom stereocenters. The molecular formula is C8H17NS. The molecule has 60 valence electrons. The zero-order valence-corrected chi connectivity index (χ0v) is 7.92. The van der Waals surface area contributed by atoms with Crippen molar-refractivity contribution in [1.82, 2.24) is 5.32 Å². The van der Waals surface area contributed by atoms with Gasteiger partial charge in [0.15, 0.2) is 0 Å². The molecule has 0 amide bonds. The van der Waals surface area contributed by atoms with Gasteiger partial charge in [-0.3, -0.25) is 0 Å². The smallest absolute Gasteiger partial charge is 0.00825 e. The second-order valence-corrected chi connectivity index (χ2v) is 5.13. The zero-order valence-electron chi connectivity index (χ0n) is 7.11. The van der Waals surface area contributed by atoms with E-state index in [0.717, 1.165) is 5.25 Å². The molecule has 1 aliphatic rings. The Morgan fingerprint density at radius 1 is 1.50 bits per heavy atom. The minimum absolute atomic E-state index is 0.473. The highest BCUT2D eigenvalue weighted by Gasteiger charge is 2.27. The second-order valence-electron chi connectivity index (χ2n) is 3.68. The first-order valence-corrected chi connectivity index (χ1v) is 5.00. The van der Waals surface area contributed by atoms with E-state index >= 15 is 0 Å². The van der Waals surface area contributed by atoms with Gasteiger partial charge in [-0.2, -0.15) is 11.8 Å². The summed E-state index contributed by atoms with van der Waals surface area (Å²) in [6.07, 6.45) is 0. The fourth-order valence-corrected chi connectivity index (χ4v) is 2.24. The molecular weight excluding hydrogens is 142 g/mol. The lowest BCUT2D eigenvalue weighted by molar-refractivity contribution is 0.349. The van der Waals surface area contributed by atoms with Crippen LogP contribution < -0.4 is 5.32 Å². The van der Waals surface area contributed by atoms with Crippen LogP contribution in [0.25, 0.3) is 0 Å². The van der Waals surface area contributed by atoms with Crippen molar-refractivity contribution in [3.8, 4) is 0 Å². The molecule has 0 spiro atoms. The maximum Gasteiger partial charge on any atom is 0.00825 e. The molecule has 1 saturated heterocycles. The maximum absolute atomic E-state index is 3.45. The molecule has 1 aliphatic heterocycles. The summed E-state index contributed by atoms with van der Waals surface area (Å²) >= 11 is 2.08. The molecule has 10 heavy (non-hydrogen) atoms. The standard InChI is InChI=1S/C8H17NS/c1-7-8(2,3)6-9-4-5-10-7/h7,9H,4-6H2,1-3H3. The van der Waals surface area contributed by atoms with E-state index < -0.39 is 0 Å². The van der Waals surface area contributed by atoms with E-state index in [-0.39, 0.29) is 0 Å². The van der Waals surface area contributed by atoms with Crippen LogP contribution in [0.3, 0.4) is 0 Å². The van der Waals surface area contributed by atoms with E-state index in [0.29, 0.717) is 5.41 Å². The van der Waals surface area contributed by atoms with E-state index in [9.17, 15) is 0 Å². The van der Waals surface area contributed by atoms with Gasteiger partial charge in [0.25, 0.3) is 0 Å². The number of hydrogen-bond acceptors (Lipinski definition) is 2. The van der Waals surface area contributed by atoms with Gasteiger partial charge in [0.2, 0.25) is 0 Å². The van der Waals surface area contributed by atoms with E-state index in [4.69, 9.17) is 0 Å². The Morgan fingerprint density at radius 3 is 2.90 bits per heavy atom. The summed E-state index contributed by atoms with van der Waals surface area (Å²) in [6, 6.07) is 0. The van der Waals surface area contributed by atoms with Crippen LogP contribution in [0.15, 0.2) is 0 Å². The average Bonchev–Trinajstić information content (AvgIpc) is 1.96. The maximum atomic E-state index is 3.45. The third-order valence-corrected chi connectivity index (χ3v) is 3.91. The van der Waals surface area contributed by atoms with Gasteiger partial charge in [0, 0.05) is 24.1 Å². The van der Waals surface area contributed by atoms with Crippen LogP contribution >= 0.6 is 11.8 Å².